The summed E-state index contributed by atoms with van der Waals surface area (Å²) in [6, 6.07) is 3.14. The van der Waals surface area contributed by atoms with Gasteiger partial charge < -0.3 is 25.8 Å². The third kappa shape index (κ3) is 3.36. The van der Waals surface area contributed by atoms with E-state index in [0.29, 0.717) is 22.4 Å². The Balaban J connectivity index is 2.03. The Kier molecular flexibility index (Phi) is 4.62. The van der Waals surface area contributed by atoms with Gasteiger partial charge in [0, 0.05) is 24.5 Å². The molecule has 0 unspecified atom stereocenters. The lowest BCUT2D eigenvalue weighted by Crippen LogP contribution is -2.37. The Morgan fingerprint density at radius 2 is 1.81 bits per heavy atom. The zero-order valence-electron chi connectivity index (χ0n) is 14.6. The molecule has 0 radical (unpaired) electrons. The van der Waals surface area contributed by atoms with E-state index in [9.17, 15) is 18.0 Å². The standard InChI is InChI=1S/C16H18F3N5O3/c1-26-11-3-7-10(4-12(11)27-2)22-15(23-13(7)20)24-5-8(14(21)25)9(6-24)16(17,18)19/h3-4,8-9H,5-6H2,1-2H3,(H2,21,25)(H2,20,22,23)/t8-,9-/m0/s1. The monoisotopic (exact) mass is 385 g/mol. The molecule has 1 amide bonds. The van der Waals surface area contributed by atoms with Crippen LogP contribution in [0.25, 0.3) is 10.9 Å². The van der Waals surface area contributed by atoms with Crippen molar-refractivity contribution in [2.75, 3.05) is 37.9 Å². The van der Waals surface area contributed by atoms with Crippen molar-refractivity contribution in [2.24, 2.45) is 17.6 Å². The van der Waals surface area contributed by atoms with Crippen LogP contribution in [0.2, 0.25) is 0 Å². The number of nitrogens with two attached hydrogens (primary N) is 2. The molecule has 1 aliphatic heterocycles. The van der Waals surface area contributed by atoms with Gasteiger partial charge >= 0.3 is 6.18 Å². The summed E-state index contributed by atoms with van der Waals surface area (Å²) in [5.74, 6) is -3.41. The molecule has 1 saturated heterocycles. The summed E-state index contributed by atoms with van der Waals surface area (Å²) in [4.78, 5) is 21.1. The molecule has 0 aliphatic carbocycles. The third-order valence-corrected chi connectivity index (χ3v) is 4.61. The molecule has 8 nitrogen and oxygen atoms in total. The summed E-state index contributed by atoms with van der Waals surface area (Å²) in [7, 11) is 2.90. The normalized spacial score (nSPS) is 20.1. The van der Waals surface area contributed by atoms with Gasteiger partial charge in [-0.25, -0.2) is 4.98 Å². The van der Waals surface area contributed by atoms with Crippen molar-refractivity contribution in [1.29, 1.82) is 0 Å². The van der Waals surface area contributed by atoms with Crippen molar-refractivity contribution in [3.63, 3.8) is 0 Å². The van der Waals surface area contributed by atoms with Crippen molar-refractivity contribution in [3.8, 4) is 11.5 Å². The quantitative estimate of drug-likeness (QED) is 0.815. The number of benzene rings is 1. The van der Waals surface area contributed by atoms with E-state index in [1.165, 1.54) is 19.1 Å². The lowest BCUT2D eigenvalue weighted by Gasteiger charge is -2.19. The summed E-state index contributed by atoms with van der Waals surface area (Å²) in [6.45, 7) is -0.715. The average molecular weight is 385 g/mol. The molecule has 2 aromatic rings. The van der Waals surface area contributed by atoms with E-state index in [1.54, 1.807) is 12.1 Å². The number of rotatable bonds is 4. The number of anilines is 2. The van der Waals surface area contributed by atoms with E-state index in [-0.39, 0.29) is 18.3 Å². The maximum Gasteiger partial charge on any atom is 0.394 e. The number of carbonyl (C=O) groups excluding carboxylic acids is 1. The van der Waals surface area contributed by atoms with Crippen LogP contribution in [0.5, 0.6) is 11.5 Å². The van der Waals surface area contributed by atoms with E-state index in [1.807, 2.05) is 0 Å². The zero-order chi connectivity index (χ0) is 19.9. The second kappa shape index (κ2) is 6.63. The topological polar surface area (TPSA) is 117 Å². The fourth-order valence-corrected chi connectivity index (χ4v) is 3.20. The summed E-state index contributed by atoms with van der Waals surface area (Å²) >= 11 is 0. The van der Waals surface area contributed by atoms with Crippen LogP contribution in [-0.4, -0.2) is 49.4 Å². The maximum atomic E-state index is 13.2. The van der Waals surface area contributed by atoms with E-state index in [4.69, 9.17) is 20.9 Å². The molecular weight excluding hydrogens is 367 g/mol. The van der Waals surface area contributed by atoms with Gasteiger partial charge in [-0.15, -0.1) is 0 Å². The first-order chi connectivity index (χ1) is 12.7. The van der Waals surface area contributed by atoms with Gasteiger partial charge in [0.15, 0.2) is 11.5 Å². The smallest absolute Gasteiger partial charge is 0.394 e. The molecule has 4 N–H and O–H groups in total. The predicted octanol–water partition coefficient (Wildman–Crippen LogP) is 1.33. The molecule has 2 atom stereocenters. The molecule has 1 aromatic heterocycles. The van der Waals surface area contributed by atoms with Gasteiger partial charge in [0.25, 0.3) is 0 Å². The minimum Gasteiger partial charge on any atom is -0.493 e. The minimum absolute atomic E-state index is 0.00906. The van der Waals surface area contributed by atoms with Crippen molar-refractivity contribution in [2.45, 2.75) is 6.18 Å². The van der Waals surface area contributed by atoms with E-state index in [2.05, 4.69) is 9.97 Å². The third-order valence-electron chi connectivity index (χ3n) is 4.61. The number of alkyl halides is 3. The van der Waals surface area contributed by atoms with Crippen molar-refractivity contribution in [1.82, 2.24) is 9.97 Å². The van der Waals surface area contributed by atoms with Gasteiger partial charge in [-0.05, 0) is 6.07 Å². The van der Waals surface area contributed by atoms with Gasteiger partial charge in [-0.1, -0.05) is 0 Å². The lowest BCUT2D eigenvalue weighted by atomic mass is 9.95. The largest absolute Gasteiger partial charge is 0.493 e. The Morgan fingerprint density at radius 3 is 2.33 bits per heavy atom. The highest BCUT2D eigenvalue weighted by Crippen LogP contribution is 2.39. The second-order valence-electron chi connectivity index (χ2n) is 6.20. The number of ether oxygens (including phenoxy) is 2. The summed E-state index contributed by atoms with van der Waals surface area (Å²) in [6.07, 6.45) is -4.56. The zero-order valence-corrected chi connectivity index (χ0v) is 14.6. The molecule has 146 valence electrons. The Morgan fingerprint density at radius 1 is 1.19 bits per heavy atom. The highest BCUT2D eigenvalue weighted by Gasteiger charge is 2.52. The number of amides is 1. The molecule has 1 fully saturated rings. The fourth-order valence-electron chi connectivity index (χ4n) is 3.20. The van der Waals surface area contributed by atoms with Crippen LogP contribution in [0.1, 0.15) is 0 Å². The number of fused-ring (bicyclic) bond motifs is 1. The van der Waals surface area contributed by atoms with Crippen LogP contribution >= 0.6 is 0 Å². The minimum atomic E-state index is -4.56. The first-order valence-corrected chi connectivity index (χ1v) is 7.96. The Labute approximate surface area is 152 Å². The van der Waals surface area contributed by atoms with E-state index < -0.39 is 30.5 Å². The number of nitrogens with zero attached hydrogens (tertiary/aromatic N) is 3. The van der Waals surface area contributed by atoms with E-state index >= 15 is 0 Å². The summed E-state index contributed by atoms with van der Waals surface area (Å²) < 4.78 is 50.1. The molecule has 2 heterocycles. The number of hydrogen-bond acceptors (Lipinski definition) is 7. The average Bonchev–Trinajstić information content (AvgIpc) is 3.06. The number of hydrogen-bond donors (Lipinski definition) is 2. The predicted molar refractivity (Wildman–Crippen MR) is 91.5 cm³/mol. The number of methoxy groups -OCH3 is 2. The summed E-state index contributed by atoms with van der Waals surface area (Å²) in [5, 5.41) is 0.467. The highest BCUT2D eigenvalue weighted by molar-refractivity contribution is 5.92. The number of nitrogen functional groups attached to an aromatic ring is 1. The first-order valence-electron chi connectivity index (χ1n) is 7.96. The van der Waals surface area contributed by atoms with Crippen molar-refractivity contribution >= 4 is 28.6 Å². The molecular formula is C16H18F3N5O3. The van der Waals surface area contributed by atoms with Crippen LogP contribution in [0.4, 0.5) is 24.9 Å². The highest BCUT2D eigenvalue weighted by atomic mass is 19.4. The number of aromatic nitrogens is 2. The van der Waals surface area contributed by atoms with Gasteiger partial charge in [0.1, 0.15) is 5.82 Å². The summed E-state index contributed by atoms with van der Waals surface area (Å²) in [5.41, 5.74) is 11.5. The molecule has 11 heteroatoms. The molecule has 0 saturated carbocycles. The molecule has 27 heavy (non-hydrogen) atoms. The molecule has 1 aromatic carbocycles. The van der Waals surface area contributed by atoms with Crippen LogP contribution < -0.4 is 25.8 Å². The molecule has 0 bridgehead atoms. The fraction of sp³-hybridized carbons (Fsp3) is 0.438. The number of primary amides is 1. The van der Waals surface area contributed by atoms with Crippen LogP contribution in [0.3, 0.4) is 0 Å². The van der Waals surface area contributed by atoms with Gasteiger partial charge in [0.05, 0.1) is 31.6 Å². The van der Waals surface area contributed by atoms with Crippen LogP contribution in [0, 0.1) is 11.8 Å². The molecule has 3 rings (SSSR count). The van der Waals surface area contributed by atoms with Gasteiger partial charge in [-0.3, -0.25) is 4.79 Å². The van der Waals surface area contributed by atoms with E-state index in [0.717, 1.165) is 0 Å². The van der Waals surface area contributed by atoms with Crippen LogP contribution in [0.15, 0.2) is 12.1 Å². The maximum absolute atomic E-state index is 13.2. The van der Waals surface area contributed by atoms with Crippen molar-refractivity contribution in [3.05, 3.63) is 12.1 Å². The molecule has 1 aliphatic rings. The molecule has 0 spiro atoms. The SMILES string of the molecule is COc1cc2nc(N3C[C@H](C(N)=O)[C@@H](C(F)(F)F)C3)nc(N)c2cc1OC. The second-order valence-corrected chi connectivity index (χ2v) is 6.20. The lowest BCUT2D eigenvalue weighted by molar-refractivity contribution is -0.181. The number of halogens is 3. The van der Waals surface area contributed by atoms with Gasteiger partial charge in [0.2, 0.25) is 11.9 Å². The van der Waals surface area contributed by atoms with Crippen LogP contribution in [-0.2, 0) is 4.79 Å². The Hall–Kier alpha value is -2.98. The van der Waals surface area contributed by atoms with Gasteiger partial charge in [-0.2, -0.15) is 18.2 Å². The van der Waals surface area contributed by atoms with Crippen molar-refractivity contribution < 1.29 is 27.4 Å². The first kappa shape index (κ1) is 18.8. The Bertz CT molecular complexity index is 890. The number of carbonyl (C=O) groups is 1.